The average molecular weight is 292 g/mol. The maximum absolute atomic E-state index is 12.0. The minimum atomic E-state index is -3.62. The molecule has 0 unspecified atom stereocenters. The van der Waals surface area contributed by atoms with Gasteiger partial charge in [-0.05, 0) is 26.8 Å². The second-order valence-corrected chi connectivity index (χ2v) is 6.19. The molecular formula is C11H24N4O3S. The molecule has 1 fully saturated rings. The van der Waals surface area contributed by atoms with E-state index in [2.05, 4.69) is 0 Å². The molecule has 0 aromatic rings. The number of likely N-dealkylation sites (N-methyl/N-ethyl adjacent to an activating group) is 1. The summed E-state index contributed by atoms with van der Waals surface area (Å²) in [4.78, 5) is 15.8. The second-order valence-electron chi connectivity index (χ2n) is 4.64. The summed E-state index contributed by atoms with van der Waals surface area (Å²) < 4.78 is 23.8. The van der Waals surface area contributed by atoms with Crippen molar-refractivity contribution in [2.45, 2.75) is 20.3 Å². The highest BCUT2D eigenvalue weighted by atomic mass is 32.2. The van der Waals surface area contributed by atoms with Gasteiger partial charge in [0, 0.05) is 32.7 Å². The van der Waals surface area contributed by atoms with Gasteiger partial charge < -0.3 is 4.90 Å². The summed E-state index contributed by atoms with van der Waals surface area (Å²) in [5.74, 6) is 0.0917. The van der Waals surface area contributed by atoms with Crippen LogP contribution in [0.4, 0.5) is 0 Å². The molecule has 0 radical (unpaired) electrons. The van der Waals surface area contributed by atoms with Crippen molar-refractivity contribution in [2.75, 3.05) is 45.8 Å². The smallest absolute Gasteiger partial charge is 0.276 e. The highest BCUT2D eigenvalue weighted by molar-refractivity contribution is 7.86. The molecule has 7 nitrogen and oxygen atoms in total. The molecule has 1 heterocycles. The van der Waals surface area contributed by atoms with Gasteiger partial charge in [0.25, 0.3) is 10.2 Å². The van der Waals surface area contributed by atoms with Crippen LogP contribution in [0.15, 0.2) is 0 Å². The summed E-state index contributed by atoms with van der Waals surface area (Å²) in [5.41, 5.74) is 0. The lowest BCUT2D eigenvalue weighted by Gasteiger charge is -2.24. The van der Waals surface area contributed by atoms with Crippen LogP contribution >= 0.6 is 0 Å². The van der Waals surface area contributed by atoms with Gasteiger partial charge in [-0.1, -0.05) is 0 Å². The molecule has 0 atom stereocenters. The lowest BCUT2D eigenvalue weighted by atomic mass is 10.3. The summed E-state index contributed by atoms with van der Waals surface area (Å²) in [5, 5.41) is 5.12. The Kier molecular flexibility index (Phi) is 6.18. The number of rotatable bonds is 5. The Morgan fingerprint density at radius 1 is 1.16 bits per heavy atom. The Morgan fingerprint density at radius 2 is 1.79 bits per heavy atom. The van der Waals surface area contributed by atoms with Crippen LogP contribution in [0.5, 0.6) is 0 Å². The highest BCUT2D eigenvalue weighted by Crippen LogP contribution is 2.06. The zero-order chi connectivity index (χ0) is 14.5. The molecule has 19 heavy (non-hydrogen) atoms. The van der Waals surface area contributed by atoms with Crippen LogP contribution in [-0.4, -0.2) is 74.2 Å². The Morgan fingerprint density at radius 3 is 2.32 bits per heavy atom. The minimum Gasteiger partial charge on any atom is -0.342 e. The minimum absolute atomic E-state index is 0.0917. The predicted octanol–water partition coefficient (Wildman–Crippen LogP) is -0.934. The van der Waals surface area contributed by atoms with E-state index in [0.717, 1.165) is 6.54 Å². The molecule has 0 spiro atoms. The van der Waals surface area contributed by atoms with E-state index >= 15 is 0 Å². The van der Waals surface area contributed by atoms with E-state index in [1.165, 1.54) is 4.31 Å². The Bertz CT molecular complexity index is 395. The standard InChI is InChI=1S/C11H24N4O3S/c1-3-14(4-2)11(16)10-13-6-5-7-15(9-8-13)19(12,17)18/h3-10H2,1-2H3,(H2,12,17,18). The fraction of sp³-hybridized carbons (Fsp3) is 0.909. The number of hydrogen-bond acceptors (Lipinski definition) is 4. The van der Waals surface area contributed by atoms with E-state index in [4.69, 9.17) is 5.14 Å². The molecule has 1 saturated heterocycles. The third-order valence-corrected chi connectivity index (χ3v) is 4.47. The molecule has 1 amide bonds. The molecule has 1 aliphatic rings. The molecular weight excluding hydrogens is 268 g/mol. The van der Waals surface area contributed by atoms with Gasteiger partial charge in [0.15, 0.2) is 0 Å². The van der Waals surface area contributed by atoms with Crippen molar-refractivity contribution in [1.29, 1.82) is 0 Å². The summed E-state index contributed by atoms with van der Waals surface area (Å²) in [6.07, 6.45) is 0.696. The average Bonchev–Trinajstić information content (AvgIpc) is 2.55. The van der Waals surface area contributed by atoms with E-state index in [-0.39, 0.29) is 5.91 Å². The molecule has 1 aliphatic heterocycles. The molecule has 0 aromatic carbocycles. The van der Waals surface area contributed by atoms with Gasteiger partial charge in [-0.3, -0.25) is 9.69 Å². The van der Waals surface area contributed by atoms with E-state index in [1.807, 2.05) is 18.7 Å². The number of nitrogens with zero attached hydrogens (tertiary/aromatic N) is 3. The van der Waals surface area contributed by atoms with Gasteiger partial charge >= 0.3 is 0 Å². The summed E-state index contributed by atoms with van der Waals surface area (Å²) in [6.45, 7) is 7.69. The van der Waals surface area contributed by atoms with Crippen LogP contribution in [0.1, 0.15) is 20.3 Å². The van der Waals surface area contributed by atoms with Crippen LogP contribution in [0, 0.1) is 0 Å². The van der Waals surface area contributed by atoms with Crippen molar-refractivity contribution in [3.63, 3.8) is 0 Å². The topological polar surface area (TPSA) is 86.9 Å². The normalized spacial score (nSPS) is 19.1. The fourth-order valence-corrected chi connectivity index (χ4v) is 2.95. The Hall–Kier alpha value is -0.700. The largest absolute Gasteiger partial charge is 0.342 e. The third-order valence-electron chi connectivity index (χ3n) is 3.38. The van der Waals surface area contributed by atoms with Gasteiger partial charge in [0.05, 0.1) is 6.54 Å². The SMILES string of the molecule is CCN(CC)C(=O)CN1CCCN(S(N)(=O)=O)CC1. The first kappa shape index (κ1) is 16.4. The Labute approximate surface area is 115 Å². The molecule has 1 rings (SSSR count). The monoisotopic (exact) mass is 292 g/mol. The van der Waals surface area contributed by atoms with Crippen LogP contribution in [-0.2, 0) is 15.0 Å². The van der Waals surface area contributed by atoms with Crippen molar-refractivity contribution in [3.05, 3.63) is 0 Å². The summed E-state index contributed by atoms with van der Waals surface area (Å²) in [6, 6.07) is 0. The maximum atomic E-state index is 12.0. The zero-order valence-corrected chi connectivity index (χ0v) is 12.5. The predicted molar refractivity (Wildman–Crippen MR) is 73.7 cm³/mol. The number of carbonyl (C=O) groups is 1. The van der Waals surface area contributed by atoms with Crippen LogP contribution in [0.2, 0.25) is 0 Å². The van der Waals surface area contributed by atoms with E-state index < -0.39 is 10.2 Å². The number of hydrogen-bond donors (Lipinski definition) is 1. The van der Waals surface area contributed by atoms with Gasteiger partial charge in [-0.25, -0.2) is 5.14 Å². The van der Waals surface area contributed by atoms with Crippen LogP contribution < -0.4 is 5.14 Å². The van der Waals surface area contributed by atoms with Crippen molar-refractivity contribution in [3.8, 4) is 0 Å². The molecule has 0 aromatic heterocycles. The lowest BCUT2D eigenvalue weighted by Crippen LogP contribution is -2.42. The summed E-state index contributed by atoms with van der Waals surface area (Å²) >= 11 is 0. The van der Waals surface area contributed by atoms with Crippen LogP contribution in [0.25, 0.3) is 0 Å². The first-order valence-electron chi connectivity index (χ1n) is 6.66. The van der Waals surface area contributed by atoms with Crippen molar-refractivity contribution >= 4 is 16.1 Å². The van der Waals surface area contributed by atoms with Crippen LogP contribution in [0.3, 0.4) is 0 Å². The first-order chi connectivity index (χ1) is 8.88. The number of amides is 1. The Balaban J connectivity index is 2.52. The van der Waals surface area contributed by atoms with Gasteiger partial charge in [0.1, 0.15) is 0 Å². The zero-order valence-electron chi connectivity index (χ0n) is 11.7. The third kappa shape index (κ3) is 5.06. The maximum Gasteiger partial charge on any atom is 0.276 e. The quantitative estimate of drug-likeness (QED) is 0.709. The van der Waals surface area contributed by atoms with E-state index in [1.54, 1.807) is 4.90 Å². The lowest BCUT2D eigenvalue weighted by molar-refractivity contribution is -0.132. The summed E-state index contributed by atoms with van der Waals surface area (Å²) in [7, 11) is -3.62. The van der Waals surface area contributed by atoms with Gasteiger partial charge in [-0.2, -0.15) is 12.7 Å². The molecule has 112 valence electrons. The van der Waals surface area contributed by atoms with E-state index in [9.17, 15) is 13.2 Å². The fourth-order valence-electron chi connectivity index (χ4n) is 2.23. The molecule has 0 aliphatic carbocycles. The van der Waals surface area contributed by atoms with Crippen molar-refractivity contribution < 1.29 is 13.2 Å². The van der Waals surface area contributed by atoms with Crippen molar-refractivity contribution in [1.82, 2.24) is 14.1 Å². The van der Waals surface area contributed by atoms with E-state index in [0.29, 0.717) is 45.7 Å². The number of carbonyl (C=O) groups excluding carboxylic acids is 1. The van der Waals surface area contributed by atoms with Gasteiger partial charge in [0.2, 0.25) is 5.91 Å². The molecule has 8 heteroatoms. The highest BCUT2D eigenvalue weighted by Gasteiger charge is 2.23. The van der Waals surface area contributed by atoms with Crippen molar-refractivity contribution in [2.24, 2.45) is 5.14 Å². The second kappa shape index (κ2) is 7.18. The molecule has 0 saturated carbocycles. The molecule has 2 N–H and O–H groups in total. The first-order valence-corrected chi connectivity index (χ1v) is 8.16. The van der Waals surface area contributed by atoms with Gasteiger partial charge in [-0.15, -0.1) is 0 Å². The number of nitrogens with two attached hydrogens (primary N) is 1. The molecule has 0 bridgehead atoms.